The van der Waals surface area contributed by atoms with Crippen LogP contribution in [0.2, 0.25) is 0 Å². The first-order chi connectivity index (χ1) is 18.4. The number of esters is 2. The Hall–Kier alpha value is -3.19. The maximum absolute atomic E-state index is 13.1. The van der Waals surface area contributed by atoms with Crippen LogP contribution in [0.1, 0.15) is 106 Å². The molecule has 0 amide bonds. The monoisotopic (exact) mass is 581 g/mol. The minimum Gasteiger partial charge on any atom is -0.419 e. The quantitative estimate of drug-likeness (QED) is 0.221. The lowest BCUT2D eigenvalue weighted by Crippen LogP contribution is -2.38. The fourth-order valence-corrected chi connectivity index (χ4v) is 3.95. The molecular formula is C34H44ClNO5. The molecule has 3 aromatic rings. The highest BCUT2D eigenvalue weighted by molar-refractivity contribution is 5.93. The molecule has 3 rings (SSSR count). The summed E-state index contributed by atoms with van der Waals surface area (Å²) in [7, 11) is 0. The smallest absolute Gasteiger partial charge is 0.343 e. The largest absolute Gasteiger partial charge is 0.419 e. The zero-order valence-corrected chi connectivity index (χ0v) is 26.4. The predicted octanol–water partition coefficient (Wildman–Crippen LogP) is 7.56. The van der Waals surface area contributed by atoms with Crippen LogP contribution in [-0.2, 0) is 10.8 Å². The molecule has 2 N–H and O–H groups in total. The van der Waals surface area contributed by atoms with E-state index in [1.165, 1.54) is 0 Å². The minimum atomic E-state index is -0.863. The van der Waals surface area contributed by atoms with Crippen LogP contribution in [0, 0.1) is 0 Å². The molecule has 0 spiro atoms. The Labute approximate surface area is 250 Å². The molecular weight excluding hydrogens is 538 g/mol. The van der Waals surface area contributed by atoms with E-state index in [0.29, 0.717) is 23.2 Å². The molecule has 7 heteroatoms. The van der Waals surface area contributed by atoms with E-state index in [1.807, 2.05) is 45.0 Å². The van der Waals surface area contributed by atoms with E-state index in [2.05, 4.69) is 46.9 Å². The van der Waals surface area contributed by atoms with Crippen molar-refractivity contribution in [2.45, 2.75) is 84.8 Å². The Morgan fingerprint density at radius 2 is 1.10 bits per heavy atom. The maximum Gasteiger partial charge on any atom is 0.343 e. The molecule has 0 saturated carbocycles. The zero-order chi connectivity index (χ0) is 29.9. The van der Waals surface area contributed by atoms with Gasteiger partial charge in [0.05, 0.1) is 17.2 Å². The summed E-state index contributed by atoms with van der Waals surface area (Å²) in [4.78, 5) is 26.1. The molecule has 3 aromatic carbocycles. The molecule has 0 radical (unpaired) electrons. The number of ether oxygens (including phenoxy) is 2. The third-order valence-corrected chi connectivity index (χ3v) is 6.56. The lowest BCUT2D eigenvalue weighted by molar-refractivity contribution is 0.0681. The molecule has 0 aliphatic heterocycles. The molecule has 0 aliphatic carbocycles. The summed E-state index contributed by atoms with van der Waals surface area (Å²) in [6.45, 7) is 18.9. The normalized spacial score (nSPS) is 12.7. The van der Waals surface area contributed by atoms with Crippen LogP contribution < -0.4 is 14.8 Å². The van der Waals surface area contributed by atoms with E-state index in [1.54, 1.807) is 42.5 Å². The number of aliphatic hydroxyl groups excluding tert-OH is 1. The van der Waals surface area contributed by atoms with Gasteiger partial charge in [0, 0.05) is 12.1 Å². The first kappa shape index (κ1) is 34.0. The summed E-state index contributed by atoms with van der Waals surface area (Å²) >= 11 is 0. The summed E-state index contributed by atoms with van der Waals surface area (Å²) in [5, 5.41) is 14.1. The van der Waals surface area contributed by atoms with E-state index in [4.69, 9.17) is 9.47 Å². The number of β-amino-alcohol motifs (C(OH)–C–C–N with tert-alkyl or cyclic N) is 1. The second kappa shape index (κ2) is 13.2. The van der Waals surface area contributed by atoms with Crippen LogP contribution in [0.5, 0.6) is 11.5 Å². The number of nitrogens with one attached hydrogen (secondary N) is 1. The van der Waals surface area contributed by atoms with Crippen molar-refractivity contribution < 1.29 is 24.2 Å². The van der Waals surface area contributed by atoms with Crippen molar-refractivity contribution in [3.8, 4) is 11.5 Å². The SMILES string of the molecule is CC(C)(C)NCC(O)c1ccc(OC(=O)c2ccc(C(C)(C)C)cc2)c(OC(=O)c2ccc(C(C)(C)C)cc2)c1.Cl. The van der Waals surface area contributed by atoms with Crippen molar-refractivity contribution in [3.05, 3.63) is 94.5 Å². The number of benzene rings is 3. The number of hydrogen-bond donors (Lipinski definition) is 2. The molecule has 6 nitrogen and oxygen atoms in total. The van der Waals surface area contributed by atoms with Crippen molar-refractivity contribution in [1.82, 2.24) is 5.32 Å². The van der Waals surface area contributed by atoms with Crippen molar-refractivity contribution >= 4 is 24.3 Å². The Balaban J connectivity index is 0.00000588. The number of halogens is 1. The van der Waals surface area contributed by atoms with Gasteiger partial charge in [0.15, 0.2) is 11.5 Å². The van der Waals surface area contributed by atoms with Gasteiger partial charge in [-0.3, -0.25) is 0 Å². The molecule has 0 aliphatic rings. The van der Waals surface area contributed by atoms with Gasteiger partial charge >= 0.3 is 11.9 Å². The van der Waals surface area contributed by atoms with Crippen molar-refractivity contribution in [3.63, 3.8) is 0 Å². The minimum absolute atomic E-state index is 0. The summed E-state index contributed by atoms with van der Waals surface area (Å²) < 4.78 is 11.4. The molecule has 222 valence electrons. The zero-order valence-electron chi connectivity index (χ0n) is 25.6. The van der Waals surface area contributed by atoms with Crippen LogP contribution >= 0.6 is 12.4 Å². The number of carbonyl (C=O) groups is 2. The maximum atomic E-state index is 13.1. The third kappa shape index (κ3) is 9.70. The lowest BCUT2D eigenvalue weighted by Gasteiger charge is -2.23. The summed E-state index contributed by atoms with van der Waals surface area (Å²) in [5.41, 5.74) is 3.16. The highest BCUT2D eigenvalue weighted by Crippen LogP contribution is 2.33. The molecule has 41 heavy (non-hydrogen) atoms. The Morgan fingerprint density at radius 1 is 0.683 bits per heavy atom. The van der Waals surface area contributed by atoms with Gasteiger partial charge in [-0.05, 0) is 84.7 Å². The predicted molar refractivity (Wildman–Crippen MR) is 167 cm³/mol. The number of carbonyl (C=O) groups excluding carboxylic acids is 2. The van der Waals surface area contributed by atoms with Gasteiger partial charge in [-0.2, -0.15) is 0 Å². The van der Waals surface area contributed by atoms with E-state index < -0.39 is 18.0 Å². The van der Waals surface area contributed by atoms with E-state index in [0.717, 1.165) is 11.1 Å². The fraction of sp³-hybridized carbons (Fsp3) is 0.412. The van der Waals surface area contributed by atoms with Gasteiger partial charge in [0.25, 0.3) is 0 Å². The average Bonchev–Trinajstić information content (AvgIpc) is 2.87. The first-order valence-corrected chi connectivity index (χ1v) is 13.7. The molecule has 0 bridgehead atoms. The van der Waals surface area contributed by atoms with Gasteiger partial charge in [-0.25, -0.2) is 9.59 Å². The molecule has 0 saturated heterocycles. The molecule has 1 atom stereocenters. The summed E-state index contributed by atoms with van der Waals surface area (Å²) in [6.07, 6.45) is -0.863. The van der Waals surface area contributed by atoms with Crippen LogP contribution in [0.4, 0.5) is 0 Å². The van der Waals surface area contributed by atoms with Crippen molar-refractivity contribution in [1.29, 1.82) is 0 Å². The number of aliphatic hydroxyl groups is 1. The highest BCUT2D eigenvalue weighted by atomic mass is 35.5. The van der Waals surface area contributed by atoms with E-state index in [-0.39, 0.29) is 40.3 Å². The van der Waals surface area contributed by atoms with Crippen LogP contribution in [-0.4, -0.2) is 29.1 Å². The van der Waals surface area contributed by atoms with Crippen LogP contribution in [0.25, 0.3) is 0 Å². The Kier molecular flexibility index (Phi) is 10.9. The number of hydrogen-bond acceptors (Lipinski definition) is 6. The average molecular weight is 582 g/mol. The Bertz CT molecular complexity index is 1330. The van der Waals surface area contributed by atoms with Gasteiger partial charge < -0.3 is 19.9 Å². The van der Waals surface area contributed by atoms with Crippen LogP contribution in [0.15, 0.2) is 66.7 Å². The van der Waals surface area contributed by atoms with Gasteiger partial charge in [-0.15, -0.1) is 12.4 Å². The first-order valence-electron chi connectivity index (χ1n) is 13.7. The Morgan fingerprint density at radius 3 is 1.49 bits per heavy atom. The molecule has 0 fully saturated rings. The van der Waals surface area contributed by atoms with Gasteiger partial charge in [0.1, 0.15) is 0 Å². The number of rotatable bonds is 7. The third-order valence-electron chi connectivity index (χ3n) is 6.56. The summed E-state index contributed by atoms with van der Waals surface area (Å²) in [5.74, 6) is -1.03. The van der Waals surface area contributed by atoms with Crippen molar-refractivity contribution in [2.24, 2.45) is 0 Å². The van der Waals surface area contributed by atoms with E-state index >= 15 is 0 Å². The summed E-state index contributed by atoms with van der Waals surface area (Å²) in [6, 6.07) is 19.2. The molecule has 0 heterocycles. The van der Waals surface area contributed by atoms with Crippen LogP contribution in [0.3, 0.4) is 0 Å². The van der Waals surface area contributed by atoms with E-state index in [9.17, 15) is 14.7 Å². The van der Waals surface area contributed by atoms with Crippen molar-refractivity contribution in [2.75, 3.05) is 6.54 Å². The molecule has 0 aromatic heterocycles. The standard InChI is InChI=1S/C34H43NO5.ClH/c1-32(2,3)25-15-10-22(11-16-25)30(37)39-28-19-14-24(27(36)21-35-34(7,8)9)20-29(28)40-31(38)23-12-17-26(18-13-23)33(4,5)6;/h10-20,27,35-36H,21H2,1-9H3;1H. The topological polar surface area (TPSA) is 84.9 Å². The molecule has 1 unspecified atom stereocenters. The second-order valence-corrected chi connectivity index (χ2v) is 13.3. The van der Waals surface area contributed by atoms with Gasteiger partial charge in [-0.1, -0.05) is 71.9 Å². The fourth-order valence-electron chi connectivity index (χ4n) is 3.95. The lowest BCUT2D eigenvalue weighted by atomic mass is 9.87. The van der Waals surface area contributed by atoms with Gasteiger partial charge in [0.2, 0.25) is 0 Å². The highest BCUT2D eigenvalue weighted by Gasteiger charge is 2.22. The second-order valence-electron chi connectivity index (χ2n) is 13.3.